The number of rotatable bonds is 9. The van der Waals surface area contributed by atoms with E-state index >= 15 is 0 Å². The molecule has 0 saturated carbocycles. The first kappa shape index (κ1) is 23.2. The number of hydrogen-bond donors (Lipinski definition) is 1. The monoisotopic (exact) mass is 463 g/mol. The SMILES string of the molecule is CCOCCCNC(=O)C(C)Sc1nc2ccccc2c(=O)n1-c1ccc(F)c(Cl)c1. The molecule has 1 heterocycles. The number of aromatic nitrogens is 2. The molecule has 0 bridgehead atoms. The third kappa shape index (κ3) is 5.64. The van der Waals surface area contributed by atoms with Crippen LogP contribution in [-0.2, 0) is 9.53 Å². The number of carbonyl (C=O) groups excluding carboxylic acids is 1. The maximum Gasteiger partial charge on any atom is 0.266 e. The van der Waals surface area contributed by atoms with E-state index in [0.717, 1.165) is 11.8 Å². The number of carbonyl (C=O) groups is 1. The summed E-state index contributed by atoms with van der Waals surface area (Å²) in [7, 11) is 0. The number of nitrogens with one attached hydrogen (secondary N) is 1. The summed E-state index contributed by atoms with van der Waals surface area (Å²) in [5.41, 5.74) is 0.574. The number of fused-ring (bicyclic) bond motifs is 1. The molecule has 6 nitrogen and oxygen atoms in total. The van der Waals surface area contributed by atoms with E-state index in [9.17, 15) is 14.0 Å². The molecule has 0 saturated heterocycles. The third-order valence-electron chi connectivity index (χ3n) is 4.53. The first-order valence-electron chi connectivity index (χ1n) is 9.91. The molecule has 0 aliphatic heterocycles. The van der Waals surface area contributed by atoms with Crippen molar-refractivity contribution in [2.75, 3.05) is 19.8 Å². The van der Waals surface area contributed by atoms with Crippen molar-refractivity contribution in [1.82, 2.24) is 14.9 Å². The van der Waals surface area contributed by atoms with Crippen LogP contribution in [-0.4, -0.2) is 40.5 Å². The van der Waals surface area contributed by atoms with Gasteiger partial charge >= 0.3 is 0 Å². The van der Waals surface area contributed by atoms with Gasteiger partial charge < -0.3 is 10.1 Å². The summed E-state index contributed by atoms with van der Waals surface area (Å²) < 4.78 is 20.3. The molecule has 1 N–H and O–H groups in total. The van der Waals surface area contributed by atoms with Gasteiger partial charge in [-0.2, -0.15) is 0 Å². The lowest BCUT2D eigenvalue weighted by atomic mass is 10.2. The molecule has 1 amide bonds. The van der Waals surface area contributed by atoms with Gasteiger partial charge in [0.15, 0.2) is 5.16 Å². The molecular formula is C22H23ClFN3O3S. The van der Waals surface area contributed by atoms with E-state index in [1.165, 1.54) is 22.8 Å². The van der Waals surface area contributed by atoms with Crippen LogP contribution in [0.25, 0.3) is 16.6 Å². The van der Waals surface area contributed by atoms with E-state index in [4.69, 9.17) is 16.3 Å². The predicted molar refractivity (Wildman–Crippen MR) is 122 cm³/mol. The van der Waals surface area contributed by atoms with Crippen LogP contribution in [0.15, 0.2) is 52.4 Å². The van der Waals surface area contributed by atoms with Crippen molar-refractivity contribution >= 4 is 40.2 Å². The molecule has 0 aliphatic carbocycles. The van der Waals surface area contributed by atoms with Crippen LogP contribution in [0.2, 0.25) is 5.02 Å². The Morgan fingerprint density at radius 3 is 2.84 bits per heavy atom. The quantitative estimate of drug-likeness (QED) is 0.292. The summed E-state index contributed by atoms with van der Waals surface area (Å²) in [6.07, 6.45) is 0.712. The largest absolute Gasteiger partial charge is 0.382 e. The maximum absolute atomic E-state index is 13.7. The second-order valence-corrected chi connectivity index (χ2v) is 8.47. The van der Waals surface area contributed by atoms with Gasteiger partial charge in [-0.25, -0.2) is 9.37 Å². The maximum atomic E-state index is 13.7. The van der Waals surface area contributed by atoms with Crippen LogP contribution < -0.4 is 10.9 Å². The fourth-order valence-electron chi connectivity index (χ4n) is 2.93. The number of para-hydroxylation sites is 1. The fourth-order valence-corrected chi connectivity index (χ4v) is 4.05. The van der Waals surface area contributed by atoms with Crippen LogP contribution in [0.3, 0.4) is 0 Å². The molecule has 2 aromatic carbocycles. The average Bonchev–Trinajstić information content (AvgIpc) is 2.76. The molecule has 3 rings (SSSR count). The highest BCUT2D eigenvalue weighted by Gasteiger charge is 2.20. The number of halogens is 2. The minimum absolute atomic E-state index is 0.103. The summed E-state index contributed by atoms with van der Waals surface area (Å²) in [4.78, 5) is 30.3. The number of hydrogen-bond acceptors (Lipinski definition) is 5. The third-order valence-corrected chi connectivity index (χ3v) is 5.87. The highest BCUT2D eigenvalue weighted by Crippen LogP contribution is 2.27. The van der Waals surface area contributed by atoms with Crippen molar-refractivity contribution in [3.8, 4) is 5.69 Å². The lowest BCUT2D eigenvalue weighted by Gasteiger charge is -2.17. The Hall–Kier alpha value is -2.42. The molecule has 1 aromatic heterocycles. The number of thioether (sulfide) groups is 1. The first-order chi connectivity index (χ1) is 14.9. The second-order valence-electron chi connectivity index (χ2n) is 6.75. The van der Waals surface area contributed by atoms with Crippen molar-refractivity contribution in [3.05, 3.63) is 63.7 Å². The van der Waals surface area contributed by atoms with Crippen molar-refractivity contribution < 1.29 is 13.9 Å². The van der Waals surface area contributed by atoms with E-state index in [2.05, 4.69) is 10.3 Å². The van der Waals surface area contributed by atoms with Gasteiger partial charge in [0.25, 0.3) is 5.56 Å². The fraction of sp³-hybridized carbons (Fsp3) is 0.318. The van der Waals surface area contributed by atoms with Crippen LogP contribution >= 0.6 is 23.4 Å². The number of ether oxygens (including phenoxy) is 1. The van der Waals surface area contributed by atoms with Crippen LogP contribution in [0.4, 0.5) is 4.39 Å². The van der Waals surface area contributed by atoms with E-state index in [1.807, 2.05) is 6.92 Å². The number of nitrogens with zero attached hydrogens (tertiary/aromatic N) is 2. The molecule has 0 aliphatic rings. The van der Waals surface area contributed by atoms with E-state index in [1.54, 1.807) is 31.2 Å². The van der Waals surface area contributed by atoms with Crippen molar-refractivity contribution in [2.24, 2.45) is 0 Å². The number of amides is 1. The summed E-state index contributed by atoms with van der Waals surface area (Å²) >= 11 is 7.10. The molecular weight excluding hydrogens is 441 g/mol. The van der Waals surface area contributed by atoms with Crippen molar-refractivity contribution in [2.45, 2.75) is 30.7 Å². The standard InChI is InChI=1S/C22H23ClFN3O3S/c1-3-30-12-6-11-25-20(28)14(2)31-22-26-19-8-5-4-7-16(19)21(29)27(22)15-9-10-18(24)17(23)13-15/h4-5,7-10,13-14H,3,6,11-12H2,1-2H3,(H,25,28). The summed E-state index contributed by atoms with van der Waals surface area (Å²) in [5.74, 6) is -0.756. The molecule has 0 spiro atoms. The van der Waals surface area contributed by atoms with Gasteiger partial charge in [-0.1, -0.05) is 35.5 Å². The minimum Gasteiger partial charge on any atom is -0.382 e. The topological polar surface area (TPSA) is 73.2 Å². The zero-order chi connectivity index (χ0) is 22.4. The Morgan fingerprint density at radius 2 is 2.10 bits per heavy atom. The highest BCUT2D eigenvalue weighted by molar-refractivity contribution is 8.00. The zero-order valence-corrected chi connectivity index (χ0v) is 18.8. The first-order valence-corrected chi connectivity index (χ1v) is 11.2. The zero-order valence-electron chi connectivity index (χ0n) is 17.2. The van der Waals surface area contributed by atoms with Gasteiger partial charge in [-0.3, -0.25) is 14.2 Å². The Morgan fingerprint density at radius 1 is 1.32 bits per heavy atom. The minimum atomic E-state index is -0.582. The predicted octanol–water partition coefficient (Wildman–Crippen LogP) is 4.20. The van der Waals surface area contributed by atoms with Crippen LogP contribution in [0.5, 0.6) is 0 Å². The molecule has 164 valence electrons. The van der Waals surface area contributed by atoms with E-state index < -0.39 is 11.1 Å². The Kier molecular flexibility index (Phi) is 8.06. The molecule has 0 fully saturated rings. The smallest absolute Gasteiger partial charge is 0.266 e. The number of benzene rings is 2. The summed E-state index contributed by atoms with van der Waals surface area (Å²) in [5, 5.41) is 2.99. The summed E-state index contributed by atoms with van der Waals surface area (Å²) in [6.45, 7) is 5.37. The molecule has 9 heteroatoms. The normalized spacial score (nSPS) is 12.1. The van der Waals surface area contributed by atoms with E-state index in [0.29, 0.717) is 47.9 Å². The molecule has 31 heavy (non-hydrogen) atoms. The van der Waals surface area contributed by atoms with Gasteiger partial charge in [0.1, 0.15) is 5.82 Å². The Labute approximate surface area is 188 Å². The average molecular weight is 464 g/mol. The molecule has 0 radical (unpaired) electrons. The van der Waals surface area contributed by atoms with Gasteiger partial charge in [-0.15, -0.1) is 0 Å². The van der Waals surface area contributed by atoms with Crippen LogP contribution in [0.1, 0.15) is 20.3 Å². The van der Waals surface area contributed by atoms with Crippen molar-refractivity contribution in [3.63, 3.8) is 0 Å². The lowest BCUT2D eigenvalue weighted by Crippen LogP contribution is -2.33. The van der Waals surface area contributed by atoms with E-state index in [-0.39, 0.29) is 16.5 Å². The lowest BCUT2D eigenvalue weighted by molar-refractivity contribution is -0.120. The van der Waals surface area contributed by atoms with Gasteiger partial charge in [0.05, 0.1) is 26.9 Å². The van der Waals surface area contributed by atoms with Crippen molar-refractivity contribution in [1.29, 1.82) is 0 Å². The van der Waals surface area contributed by atoms with Crippen LogP contribution in [0, 0.1) is 5.82 Å². The highest BCUT2D eigenvalue weighted by atomic mass is 35.5. The second kappa shape index (κ2) is 10.7. The molecule has 1 atom stereocenters. The Bertz CT molecular complexity index is 1140. The van der Waals surface area contributed by atoms with Gasteiger partial charge in [-0.05, 0) is 50.6 Å². The molecule has 3 aromatic rings. The summed E-state index contributed by atoms with van der Waals surface area (Å²) in [6, 6.07) is 11.0. The van der Waals surface area contributed by atoms with Gasteiger partial charge in [0, 0.05) is 19.8 Å². The van der Waals surface area contributed by atoms with Gasteiger partial charge in [0.2, 0.25) is 5.91 Å². The molecule has 1 unspecified atom stereocenters. The Balaban J connectivity index is 1.92.